The van der Waals surface area contributed by atoms with E-state index in [1.807, 2.05) is 24.3 Å². The number of methoxy groups -OCH3 is 1. The molecule has 138 valence electrons. The topological polar surface area (TPSA) is 70.6 Å². The maximum atomic E-state index is 12.4. The predicted octanol–water partition coefficient (Wildman–Crippen LogP) is 1.56. The van der Waals surface area contributed by atoms with Crippen LogP contribution in [0.2, 0.25) is 0 Å². The van der Waals surface area contributed by atoms with Crippen LogP contribution in [0.1, 0.15) is 23.0 Å². The quantitative estimate of drug-likeness (QED) is 0.848. The molecule has 1 aliphatic rings. The van der Waals surface area contributed by atoms with Crippen molar-refractivity contribution >= 4 is 11.9 Å². The fourth-order valence-electron chi connectivity index (χ4n) is 2.91. The van der Waals surface area contributed by atoms with E-state index >= 15 is 0 Å². The molecular weight excluding hydrogens is 330 g/mol. The Bertz CT molecular complexity index is 727. The lowest BCUT2D eigenvalue weighted by Crippen LogP contribution is -2.46. The van der Waals surface area contributed by atoms with Gasteiger partial charge in [0.1, 0.15) is 11.4 Å². The first-order chi connectivity index (χ1) is 12.7. The number of ether oxygens (including phenoxy) is 1. The molecule has 0 radical (unpaired) electrons. The van der Waals surface area contributed by atoms with Crippen LogP contribution in [0, 0.1) is 0 Å². The summed E-state index contributed by atoms with van der Waals surface area (Å²) in [6.07, 6.45) is 1.65. The summed E-state index contributed by atoms with van der Waals surface area (Å²) in [4.78, 5) is 25.7. The normalized spacial score (nSPS) is 14.9. The molecule has 1 aromatic carbocycles. The monoisotopic (exact) mass is 355 g/mol. The fourth-order valence-corrected chi connectivity index (χ4v) is 2.91. The molecule has 0 atom stereocenters. The second-order valence-electron chi connectivity index (χ2n) is 6.19. The Morgan fingerprint density at radius 2 is 1.88 bits per heavy atom. The molecule has 1 N–H and O–H groups in total. The highest BCUT2D eigenvalue weighted by molar-refractivity contribution is 5.92. The Morgan fingerprint density at radius 3 is 2.54 bits per heavy atom. The third kappa shape index (κ3) is 4.49. The summed E-state index contributed by atoms with van der Waals surface area (Å²) >= 11 is 0. The molecule has 0 aliphatic carbocycles. The standard InChI is InChI=1S/C19H25N5O2/c1-3-23-10-12-24(13-11-23)19-20-9-8-17(22-19)18(25)21-14-15-4-6-16(26-2)7-5-15/h4-9H,3,10-14H2,1-2H3,(H,21,25). The number of likely N-dealkylation sites (N-methyl/N-ethyl adjacent to an activating group) is 1. The summed E-state index contributed by atoms with van der Waals surface area (Å²) < 4.78 is 5.14. The third-order valence-corrected chi connectivity index (χ3v) is 4.59. The van der Waals surface area contributed by atoms with Gasteiger partial charge in [0.05, 0.1) is 7.11 Å². The average molecular weight is 355 g/mol. The molecule has 7 nitrogen and oxygen atoms in total. The number of aromatic nitrogens is 2. The van der Waals surface area contributed by atoms with Crippen molar-refractivity contribution in [3.05, 3.63) is 47.8 Å². The molecule has 3 rings (SSSR count). The molecule has 1 aromatic heterocycles. The van der Waals surface area contributed by atoms with Gasteiger partial charge in [0, 0.05) is 38.9 Å². The van der Waals surface area contributed by atoms with Crippen LogP contribution in [-0.2, 0) is 6.54 Å². The number of nitrogens with one attached hydrogen (secondary N) is 1. The number of nitrogens with zero attached hydrogens (tertiary/aromatic N) is 4. The number of hydrogen-bond acceptors (Lipinski definition) is 6. The van der Waals surface area contributed by atoms with Crippen molar-refractivity contribution < 1.29 is 9.53 Å². The molecule has 2 heterocycles. The zero-order valence-corrected chi connectivity index (χ0v) is 15.3. The first kappa shape index (κ1) is 18.1. The van der Waals surface area contributed by atoms with Crippen molar-refractivity contribution in [1.29, 1.82) is 0 Å². The molecule has 0 spiro atoms. The van der Waals surface area contributed by atoms with Crippen LogP contribution < -0.4 is 15.0 Å². The zero-order chi connectivity index (χ0) is 18.4. The molecule has 26 heavy (non-hydrogen) atoms. The average Bonchev–Trinajstić information content (AvgIpc) is 2.72. The molecular formula is C19H25N5O2. The van der Waals surface area contributed by atoms with Crippen molar-refractivity contribution in [1.82, 2.24) is 20.2 Å². The van der Waals surface area contributed by atoms with E-state index in [0.29, 0.717) is 18.2 Å². The number of benzene rings is 1. The first-order valence-electron chi connectivity index (χ1n) is 8.91. The summed E-state index contributed by atoms with van der Waals surface area (Å²) in [6.45, 7) is 7.41. The Balaban J connectivity index is 1.59. The lowest BCUT2D eigenvalue weighted by Gasteiger charge is -2.34. The van der Waals surface area contributed by atoms with Gasteiger partial charge < -0.3 is 19.9 Å². The highest BCUT2D eigenvalue weighted by Crippen LogP contribution is 2.13. The Hall–Kier alpha value is -2.67. The fraction of sp³-hybridized carbons (Fsp3) is 0.421. The number of rotatable bonds is 6. The molecule has 1 amide bonds. The van der Waals surface area contributed by atoms with Gasteiger partial charge in [-0.1, -0.05) is 19.1 Å². The van der Waals surface area contributed by atoms with Crippen molar-refractivity contribution in [3.63, 3.8) is 0 Å². The maximum Gasteiger partial charge on any atom is 0.270 e. The summed E-state index contributed by atoms with van der Waals surface area (Å²) in [5.41, 5.74) is 1.39. The summed E-state index contributed by atoms with van der Waals surface area (Å²) in [5.74, 6) is 1.22. The number of carbonyl (C=O) groups is 1. The second kappa shape index (κ2) is 8.62. The summed E-state index contributed by atoms with van der Waals surface area (Å²) in [7, 11) is 1.63. The van der Waals surface area contributed by atoms with E-state index in [1.54, 1.807) is 19.4 Å². The highest BCUT2D eigenvalue weighted by atomic mass is 16.5. The number of hydrogen-bond donors (Lipinski definition) is 1. The van der Waals surface area contributed by atoms with E-state index in [-0.39, 0.29) is 5.91 Å². The molecule has 0 unspecified atom stereocenters. The SMILES string of the molecule is CCN1CCN(c2nccc(C(=O)NCc3ccc(OC)cc3)n2)CC1. The van der Waals surface area contributed by atoms with Gasteiger partial charge in [-0.25, -0.2) is 9.97 Å². The lowest BCUT2D eigenvalue weighted by molar-refractivity contribution is 0.0945. The smallest absolute Gasteiger partial charge is 0.270 e. The van der Waals surface area contributed by atoms with Crippen molar-refractivity contribution in [3.8, 4) is 5.75 Å². The highest BCUT2D eigenvalue weighted by Gasteiger charge is 2.19. The first-order valence-corrected chi connectivity index (χ1v) is 8.91. The lowest BCUT2D eigenvalue weighted by atomic mass is 10.2. The minimum atomic E-state index is -0.198. The third-order valence-electron chi connectivity index (χ3n) is 4.59. The van der Waals surface area contributed by atoms with Gasteiger partial charge in [0.15, 0.2) is 0 Å². The zero-order valence-electron chi connectivity index (χ0n) is 15.3. The van der Waals surface area contributed by atoms with Gasteiger partial charge in [-0.05, 0) is 30.3 Å². The molecule has 0 bridgehead atoms. The molecule has 0 saturated carbocycles. The van der Waals surface area contributed by atoms with Gasteiger partial charge in [0.25, 0.3) is 5.91 Å². The van der Waals surface area contributed by atoms with E-state index in [1.165, 1.54) is 0 Å². The number of piperazine rings is 1. The van der Waals surface area contributed by atoms with Crippen molar-refractivity contribution in [2.75, 3.05) is 44.7 Å². The van der Waals surface area contributed by atoms with Crippen LogP contribution >= 0.6 is 0 Å². The van der Waals surface area contributed by atoms with E-state index in [2.05, 4.69) is 32.0 Å². The molecule has 1 saturated heterocycles. The molecule has 2 aromatic rings. The van der Waals surface area contributed by atoms with Crippen LogP contribution in [0.25, 0.3) is 0 Å². The second-order valence-corrected chi connectivity index (χ2v) is 6.19. The predicted molar refractivity (Wildman–Crippen MR) is 101 cm³/mol. The summed E-state index contributed by atoms with van der Waals surface area (Å²) in [5, 5.41) is 2.90. The van der Waals surface area contributed by atoms with Crippen LogP contribution in [0.15, 0.2) is 36.5 Å². The summed E-state index contributed by atoms with van der Waals surface area (Å²) in [6, 6.07) is 9.26. The van der Waals surface area contributed by atoms with E-state index < -0.39 is 0 Å². The van der Waals surface area contributed by atoms with Crippen molar-refractivity contribution in [2.24, 2.45) is 0 Å². The van der Waals surface area contributed by atoms with Gasteiger partial charge in [-0.2, -0.15) is 0 Å². The molecule has 7 heteroatoms. The van der Waals surface area contributed by atoms with E-state index in [0.717, 1.165) is 44.0 Å². The molecule has 1 fully saturated rings. The van der Waals surface area contributed by atoms with E-state index in [4.69, 9.17) is 4.74 Å². The number of carbonyl (C=O) groups excluding carboxylic acids is 1. The van der Waals surface area contributed by atoms with Gasteiger partial charge in [0.2, 0.25) is 5.95 Å². The van der Waals surface area contributed by atoms with Crippen LogP contribution in [0.3, 0.4) is 0 Å². The van der Waals surface area contributed by atoms with Gasteiger partial charge >= 0.3 is 0 Å². The molecule has 1 aliphatic heterocycles. The largest absolute Gasteiger partial charge is 0.497 e. The van der Waals surface area contributed by atoms with Crippen molar-refractivity contribution in [2.45, 2.75) is 13.5 Å². The van der Waals surface area contributed by atoms with Crippen LogP contribution in [0.5, 0.6) is 5.75 Å². The minimum absolute atomic E-state index is 0.198. The maximum absolute atomic E-state index is 12.4. The van der Waals surface area contributed by atoms with Gasteiger partial charge in [-0.3, -0.25) is 4.79 Å². The Morgan fingerprint density at radius 1 is 1.15 bits per heavy atom. The van der Waals surface area contributed by atoms with Gasteiger partial charge in [-0.15, -0.1) is 0 Å². The van der Waals surface area contributed by atoms with Crippen LogP contribution in [-0.4, -0.2) is 60.6 Å². The Kier molecular flexibility index (Phi) is 6.01. The number of amides is 1. The number of anilines is 1. The Labute approximate surface area is 154 Å². The van der Waals surface area contributed by atoms with E-state index in [9.17, 15) is 4.79 Å². The minimum Gasteiger partial charge on any atom is -0.497 e. The van der Waals surface area contributed by atoms with Crippen LogP contribution in [0.4, 0.5) is 5.95 Å².